The van der Waals surface area contributed by atoms with Crippen molar-refractivity contribution < 1.29 is 90.9 Å². The average Bonchev–Trinajstić information content (AvgIpc) is 1.62. The number of aliphatic hydroxyl groups is 1. The third kappa shape index (κ3) is 19.7. The number of imidazole rings is 1. The lowest BCUT2D eigenvalue weighted by Crippen LogP contribution is -2.44. The molecule has 7 aliphatic rings. The van der Waals surface area contributed by atoms with E-state index >= 15 is 0 Å². The second kappa shape index (κ2) is 35.5. The molecule has 25 nitrogen and oxygen atoms in total. The zero-order chi connectivity index (χ0) is 82.7. The molecule has 5 aromatic carbocycles. The molecule has 4 aromatic heterocycles. The first kappa shape index (κ1) is 84.1. The van der Waals surface area contributed by atoms with Crippen LogP contribution in [0.15, 0.2) is 92.4 Å². The van der Waals surface area contributed by atoms with Crippen LogP contribution < -0.4 is 22.9 Å². The van der Waals surface area contributed by atoms with Gasteiger partial charge in [-0.25, -0.2) is 53.3 Å². The van der Waals surface area contributed by atoms with Gasteiger partial charge >= 0.3 is 0 Å². The van der Waals surface area contributed by atoms with Crippen LogP contribution in [0.4, 0.5) is 48.3 Å². The highest BCUT2D eigenvalue weighted by atomic mass is 35.5. The summed E-state index contributed by atoms with van der Waals surface area (Å²) < 4.78 is 169. The molecule has 7 fully saturated rings. The molecular formula is C79H86ClF11N16O9. The number of carbonyl (C=O) groups is 4. The van der Waals surface area contributed by atoms with Gasteiger partial charge in [-0.2, -0.15) is 15.0 Å². The number of fused-ring (bicyclic) bond motifs is 1. The first-order valence-electron chi connectivity index (χ1n) is 38.3. The van der Waals surface area contributed by atoms with E-state index in [1.54, 1.807) is 39.0 Å². The molecule has 0 radical (unpaired) electrons. The quantitative estimate of drug-likeness (QED) is 0.0256. The summed E-state index contributed by atoms with van der Waals surface area (Å²) in [4.78, 5) is 78.6. The van der Waals surface area contributed by atoms with Crippen LogP contribution in [0.3, 0.4) is 0 Å². The van der Waals surface area contributed by atoms with E-state index in [-0.39, 0.29) is 132 Å². The number of benzene rings is 5. The Labute approximate surface area is 662 Å². The number of hydrogen-bond donors (Lipinski definition) is 6. The Bertz CT molecular complexity index is 4890. The molecule has 4 amide bonds. The van der Waals surface area contributed by atoms with Crippen LogP contribution in [0.25, 0.3) is 11.0 Å². The summed E-state index contributed by atoms with van der Waals surface area (Å²) in [5, 5.41) is 22.5. The van der Waals surface area contributed by atoms with Crippen molar-refractivity contribution in [2.24, 2.45) is 22.9 Å². The molecule has 8 atom stereocenters. The zero-order valence-electron chi connectivity index (χ0n) is 63.0. The minimum atomic E-state index is -1.55. The van der Waals surface area contributed by atoms with Crippen molar-refractivity contribution in [2.75, 3.05) is 39.4 Å². The van der Waals surface area contributed by atoms with Gasteiger partial charge in [-0.3, -0.25) is 19.2 Å². The molecule has 0 unspecified atom stereocenters. The SMILES string of the molecule is CC1(c2nc([C@@H]3CCCN3C(=O)C[C@H](N)Cc3cc(F)c(F)cc3F)no2)COC1.N[C@@H](CC(=O)N1CCC[C@H]1c1nc2ccc(Cl)cc2[nH]1)Cc1ccccc1F.N[C@@H](CC(=O)N1CCC[C@H]1c1noc(C2(F)CC2)n1)Cc1cc(F)c(F)cc1F.N[C@@H](CC(=O)N1CCC[C@H]1c1noc(C2(O)CC2)n1)Cc1cc(F)c(F)cc1F. The molecule has 620 valence electrons. The molecule has 0 spiro atoms. The van der Waals surface area contributed by atoms with E-state index in [1.807, 2.05) is 24.0 Å². The van der Waals surface area contributed by atoms with Crippen molar-refractivity contribution in [3.63, 3.8) is 0 Å². The number of amides is 4. The molecule has 9 aromatic rings. The first-order valence-corrected chi connectivity index (χ1v) is 38.7. The summed E-state index contributed by atoms with van der Waals surface area (Å²) in [7, 11) is 0. The van der Waals surface area contributed by atoms with E-state index in [1.165, 1.54) is 6.07 Å². The largest absolute Gasteiger partial charge is 0.380 e. The fourth-order valence-corrected chi connectivity index (χ4v) is 15.2. The zero-order valence-corrected chi connectivity index (χ0v) is 63.7. The molecule has 16 rings (SSSR count). The molecule has 2 aliphatic carbocycles. The number of aromatic nitrogens is 8. The molecule has 37 heteroatoms. The van der Waals surface area contributed by atoms with Crippen LogP contribution in [0.1, 0.15) is 197 Å². The number of hydrogen-bond acceptors (Lipinski definition) is 20. The Morgan fingerprint density at radius 2 is 0.845 bits per heavy atom. The molecule has 5 aliphatic heterocycles. The maximum absolute atomic E-state index is 14.1. The standard InChI is InChI=1S/C21H22ClFN4O.C20H23F3N4O3.C19H20F4N4O2.C19H21F3N4O3/c22-14-7-8-17-18(11-14)26-21(25-17)19-6-3-9-27(19)20(28)12-15(24)10-13-4-1-2-5-16(13)23;1-20(9-29-10-20)19-25-18(26-30-19)16-3-2-4-27(16)17(28)7-12(24)5-11-6-14(22)15(23)8-13(11)21;20-12-9-14(22)13(21)7-10(12)6-11(24)8-16(28)27-5-1-2-15(27)17-25-18(29-26-17)19(23)3-4-19;20-12-9-14(22)13(21)7-10(12)6-11(23)8-16(27)26-5-1-2-15(26)17-24-18(29-25-17)19(28)3-4-19/h1-2,4-5,7-8,11,15,19H,3,6,9-10,12,24H2,(H,25,26);6,8,12,16H,2-5,7,9-10,24H2,1H3;7,9,11,15H,1-6,8,24H2;7,9,11,15,28H,1-6,8,23H2/t15-,19+;12-,16+;2*11-,15+/m1111/s1. The molecule has 116 heavy (non-hydrogen) atoms. The molecular weight excluding hydrogens is 1560 g/mol. The minimum absolute atomic E-state index is 0.0233. The van der Waals surface area contributed by atoms with Gasteiger partial charge in [0.05, 0.1) is 53.8 Å². The van der Waals surface area contributed by atoms with Crippen LogP contribution >= 0.6 is 11.6 Å². The fourth-order valence-electron chi connectivity index (χ4n) is 15.0. The summed E-state index contributed by atoms with van der Waals surface area (Å²) in [6.45, 7) is 5.15. The molecule has 9 heterocycles. The maximum Gasteiger partial charge on any atom is 0.264 e. The number of nitrogens with one attached hydrogen (secondary N) is 1. The predicted molar refractivity (Wildman–Crippen MR) is 393 cm³/mol. The lowest BCUT2D eigenvalue weighted by atomic mass is 9.89. The van der Waals surface area contributed by atoms with E-state index in [0.717, 1.165) is 60.7 Å². The van der Waals surface area contributed by atoms with Gasteiger partial charge < -0.3 is 70.9 Å². The molecule has 0 bridgehead atoms. The lowest BCUT2D eigenvalue weighted by Gasteiger charge is -2.34. The first-order chi connectivity index (χ1) is 55.3. The number of carbonyl (C=O) groups excluding carboxylic acids is 4. The average molecular weight is 1650 g/mol. The summed E-state index contributed by atoms with van der Waals surface area (Å²) in [6.07, 6.45) is 7.71. The van der Waals surface area contributed by atoms with Gasteiger partial charge in [-0.15, -0.1) is 0 Å². The van der Waals surface area contributed by atoms with E-state index in [2.05, 4.69) is 40.4 Å². The number of nitrogens with two attached hydrogens (primary N) is 4. The van der Waals surface area contributed by atoms with E-state index in [4.69, 9.17) is 52.8 Å². The van der Waals surface area contributed by atoms with Crippen LogP contribution in [-0.2, 0) is 66.3 Å². The highest BCUT2D eigenvalue weighted by Gasteiger charge is 2.52. The van der Waals surface area contributed by atoms with Gasteiger partial charge in [-0.1, -0.05) is 45.3 Å². The highest BCUT2D eigenvalue weighted by molar-refractivity contribution is 6.31. The number of likely N-dealkylation sites (tertiary alicyclic amines) is 4. The van der Waals surface area contributed by atoms with Crippen LogP contribution in [0.2, 0.25) is 5.02 Å². The van der Waals surface area contributed by atoms with Gasteiger partial charge in [0.25, 0.3) is 11.8 Å². The van der Waals surface area contributed by atoms with Crippen molar-refractivity contribution in [2.45, 2.75) is 200 Å². The molecule has 2 saturated carbocycles. The molecule has 5 saturated heterocycles. The van der Waals surface area contributed by atoms with Gasteiger partial charge in [0.15, 0.2) is 58.0 Å². The number of rotatable bonds is 23. The summed E-state index contributed by atoms with van der Waals surface area (Å²) in [6, 6.07) is 11.8. The van der Waals surface area contributed by atoms with Crippen molar-refractivity contribution in [1.82, 2.24) is 60.0 Å². The van der Waals surface area contributed by atoms with Crippen LogP contribution in [0.5, 0.6) is 0 Å². The van der Waals surface area contributed by atoms with E-state index in [0.29, 0.717) is 144 Å². The van der Waals surface area contributed by atoms with Crippen molar-refractivity contribution in [3.8, 4) is 0 Å². The van der Waals surface area contributed by atoms with Gasteiger partial charge in [0, 0.05) is 99.3 Å². The number of ether oxygens (including phenoxy) is 1. The Morgan fingerprint density at radius 3 is 1.25 bits per heavy atom. The van der Waals surface area contributed by atoms with E-state index < -0.39 is 93.8 Å². The third-order valence-electron chi connectivity index (χ3n) is 21.7. The monoisotopic (exact) mass is 1650 g/mol. The van der Waals surface area contributed by atoms with Crippen LogP contribution in [-0.4, -0.2) is 152 Å². The smallest absolute Gasteiger partial charge is 0.264 e. The normalized spacial score (nSPS) is 20.6. The lowest BCUT2D eigenvalue weighted by molar-refractivity contribution is -0.133. The van der Waals surface area contributed by atoms with Crippen molar-refractivity contribution in [1.29, 1.82) is 0 Å². The van der Waals surface area contributed by atoms with Crippen LogP contribution in [0, 0.1) is 58.2 Å². The summed E-state index contributed by atoms with van der Waals surface area (Å²) in [5.74, 6) is -8.67. The Hall–Kier alpha value is -9.85. The Balaban J connectivity index is 0.000000135. The number of alkyl halides is 1. The number of aromatic amines is 1. The topological polar surface area (TPSA) is 360 Å². The second-order valence-electron chi connectivity index (χ2n) is 31.0. The van der Waals surface area contributed by atoms with Gasteiger partial charge in [0.2, 0.25) is 29.5 Å². The number of H-pyrrole nitrogens is 1. The maximum atomic E-state index is 14.1. The van der Waals surface area contributed by atoms with E-state index in [9.17, 15) is 72.6 Å². The summed E-state index contributed by atoms with van der Waals surface area (Å²) in [5.41, 5.74) is 23.2. The van der Waals surface area contributed by atoms with Gasteiger partial charge in [0.1, 0.15) is 34.7 Å². The second-order valence-corrected chi connectivity index (χ2v) is 31.5. The third-order valence-corrected chi connectivity index (χ3v) is 22.0. The molecule has 10 N–H and O–H groups in total. The Kier molecular flexibility index (Phi) is 25.8. The summed E-state index contributed by atoms with van der Waals surface area (Å²) >= 11 is 6.05. The van der Waals surface area contributed by atoms with Crippen molar-refractivity contribution >= 4 is 46.3 Å². The fraction of sp³-hybridized carbons (Fsp3) is 0.481. The van der Waals surface area contributed by atoms with Crippen molar-refractivity contribution in [3.05, 3.63) is 205 Å². The Morgan fingerprint density at radius 1 is 0.474 bits per heavy atom. The van der Waals surface area contributed by atoms with Gasteiger partial charge in [-0.05, 0) is 174 Å². The highest BCUT2D eigenvalue weighted by Crippen LogP contribution is 2.50. The predicted octanol–water partition coefficient (Wildman–Crippen LogP) is 11.5. The number of halogens is 12. The minimum Gasteiger partial charge on any atom is -0.380 e. The number of nitrogens with zero attached hydrogens (tertiary/aromatic N) is 11.